The fraction of sp³-hybridized carbons (Fsp3) is 0.250. The minimum atomic E-state index is -0.561. The highest BCUT2D eigenvalue weighted by Gasteiger charge is 2.17. The quantitative estimate of drug-likeness (QED) is 0.415. The van der Waals surface area contributed by atoms with E-state index < -0.39 is 11.8 Å². The Morgan fingerprint density at radius 1 is 1.00 bits per heavy atom. The van der Waals surface area contributed by atoms with Crippen LogP contribution in [-0.4, -0.2) is 58.1 Å². The Hall–Kier alpha value is -3.95. The van der Waals surface area contributed by atoms with Crippen LogP contribution in [0.4, 0.5) is 0 Å². The largest absolute Gasteiger partial charge is 0.504 e. The molecule has 10 nitrogen and oxygen atoms in total. The zero-order chi connectivity index (χ0) is 22.1. The minimum absolute atomic E-state index is 0.103. The van der Waals surface area contributed by atoms with Gasteiger partial charge in [-0.2, -0.15) is 5.10 Å². The Labute approximate surface area is 173 Å². The molecule has 2 aromatic carbocycles. The Bertz CT molecular complexity index is 919. The number of hydrogen-bond acceptors (Lipinski definition) is 8. The summed E-state index contributed by atoms with van der Waals surface area (Å²) in [6.45, 7) is -0.322. The molecule has 0 fully saturated rings. The number of para-hydroxylation sites is 1. The highest BCUT2D eigenvalue weighted by Crippen LogP contribution is 2.38. The van der Waals surface area contributed by atoms with E-state index in [0.717, 1.165) is 0 Å². The molecule has 3 N–H and O–H groups in total. The lowest BCUT2D eigenvalue weighted by Gasteiger charge is -2.14. The molecule has 0 aromatic heterocycles. The smallest absolute Gasteiger partial charge is 0.259 e. The number of nitrogens with zero attached hydrogens (tertiary/aromatic N) is 1. The predicted molar refractivity (Wildman–Crippen MR) is 109 cm³/mol. The molecule has 0 aliphatic rings. The van der Waals surface area contributed by atoms with Gasteiger partial charge in [0.05, 0.1) is 41.2 Å². The van der Waals surface area contributed by atoms with Crippen molar-refractivity contribution in [3.63, 3.8) is 0 Å². The first kappa shape index (κ1) is 22.3. The van der Waals surface area contributed by atoms with E-state index in [1.807, 2.05) is 0 Å². The molecule has 2 aromatic rings. The predicted octanol–water partition coefficient (Wildman–Crippen LogP) is 1.31. The lowest BCUT2D eigenvalue weighted by atomic mass is 10.1. The standard InChI is InChI=1S/C20H23N3O7/c1-27-14-7-5-6-12(18(14)25)10-22-23-17(24)11-21-20(26)13-8-15(28-2)19(30-4)16(9-13)29-3/h5-10,25H,11H2,1-4H3,(H,21,26)(H,23,24). The summed E-state index contributed by atoms with van der Waals surface area (Å²) < 4.78 is 20.6. The van der Waals surface area contributed by atoms with Crippen LogP contribution in [0.1, 0.15) is 15.9 Å². The van der Waals surface area contributed by atoms with Crippen molar-refractivity contribution in [3.05, 3.63) is 41.5 Å². The summed E-state index contributed by atoms with van der Waals surface area (Å²) in [4.78, 5) is 24.3. The van der Waals surface area contributed by atoms with Gasteiger partial charge in [-0.3, -0.25) is 9.59 Å². The molecule has 0 aliphatic carbocycles. The fourth-order valence-corrected chi connectivity index (χ4v) is 2.50. The molecule has 0 bridgehead atoms. The molecule has 160 valence electrons. The van der Waals surface area contributed by atoms with E-state index >= 15 is 0 Å². The molecular formula is C20H23N3O7. The zero-order valence-electron chi connectivity index (χ0n) is 17.0. The highest BCUT2D eigenvalue weighted by atomic mass is 16.5. The summed E-state index contributed by atoms with van der Waals surface area (Å²) in [5, 5.41) is 16.2. The highest BCUT2D eigenvalue weighted by molar-refractivity contribution is 5.97. The molecule has 0 atom stereocenters. The maximum absolute atomic E-state index is 12.4. The van der Waals surface area contributed by atoms with Gasteiger partial charge in [-0.15, -0.1) is 0 Å². The van der Waals surface area contributed by atoms with Gasteiger partial charge in [-0.1, -0.05) is 6.07 Å². The van der Waals surface area contributed by atoms with Gasteiger partial charge in [-0.25, -0.2) is 5.43 Å². The number of benzene rings is 2. The first-order chi connectivity index (χ1) is 14.4. The number of phenols is 1. The van der Waals surface area contributed by atoms with Crippen LogP contribution < -0.4 is 29.7 Å². The average molecular weight is 417 g/mol. The van der Waals surface area contributed by atoms with Gasteiger partial charge in [-0.05, 0) is 24.3 Å². The average Bonchev–Trinajstić information content (AvgIpc) is 2.77. The Balaban J connectivity index is 1.97. The maximum Gasteiger partial charge on any atom is 0.259 e. The molecule has 10 heteroatoms. The van der Waals surface area contributed by atoms with Crippen molar-refractivity contribution in [1.82, 2.24) is 10.7 Å². The van der Waals surface area contributed by atoms with Gasteiger partial charge in [0.15, 0.2) is 23.0 Å². The van der Waals surface area contributed by atoms with E-state index in [0.29, 0.717) is 22.8 Å². The van der Waals surface area contributed by atoms with Crippen LogP contribution in [-0.2, 0) is 4.79 Å². The Kier molecular flexibility index (Phi) is 7.86. The first-order valence-corrected chi connectivity index (χ1v) is 8.71. The number of nitrogens with one attached hydrogen (secondary N) is 2. The van der Waals surface area contributed by atoms with Gasteiger partial charge in [0.25, 0.3) is 11.8 Å². The van der Waals surface area contributed by atoms with Gasteiger partial charge in [0, 0.05) is 11.1 Å². The van der Waals surface area contributed by atoms with Crippen LogP contribution in [0.2, 0.25) is 0 Å². The third-order valence-corrected chi connectivity index (χ3v) is 3.98. The van der Waals surface area contributed by atoms with Gasteiger partial charge >= 0.3 is 0 Å². The molecule has 0 saturated carbocycles. The van der Waals surface area contributed by atoms with Crippen LogP contribution >= 0.6 is 0 Å². The van der Waals surface area contributed by atoms with Crippen molar-refractivity contribution in [2.75, 3.05) is 35.0 Å². The summed E-state index contributed by atoms with van der Waals surface area (Å²) in [6.07, 6.45) is 1.26. The number of carbonyl (C=O) groups excluding carboxylic acids is 2. The van der Waals surface area contributed by atoms with Crippen molar-refractivity contribution < 1.29 is 33.6 Å². The van der Waals surface area contributed by atoms with Crippen LogP contribution in [0.25, 0.3) is 0 Å². The van der Waals surface area contributed by atoms with Crippen molar-refractivity contribution in [2.45, 2.75) is 0 Å². The van der Waals surface area contributed by atoms with Crippen molar-refractivity contribution in [2.24, 2.45) is 5.10 Å². The van der Waals surface area contributed by atoms with E-state index in [4.69, 9.17) is 18.9 Å². The van der Waals surface area contributed by atoms with Crippen molar-refractivity contribution in [1.29, 1.82) is 0 Å². The van der Waals surface area contributed by atoms with Gasteiger partial charge in [0.2, 0.25) is 5.75 Å². The summed E-state index contributed by atoms with van der Waals surface area (Å²) >= 11 is 0. The lowest BCUT2D eigenvalue weighted by Crippen LogP contribution is -2.34. The topological polar surface area (TPSA) is 128 Å². The van der Waals surface area contributed by atoms with Crippen molar-refractivity contribution >= 4 is 18.0 Å². The second kappa shape index (κ2) is 10.6. The SMILES string of the molecule is COc1cccc(C=NNC(=O)CNC(=O)c2cc(OC)c(OC)c(OC)c2)c1O. The first-order valence-electron chi connectivity index (χ1n) is 8.71. The van der Waals surface area contributed by atoms with Crippen LogP contribution in [0.5, 0.6) is 28.7 Å². The molecule has 0 spiro atoms. The fourth-order valence-electron chi connectivity index (χ4n) is 2.50. The summed E-state index contributed by atoms with van der Waals surface area (Å²) in [5.74, 6) is 0.0811. The van der Waals surface area contributed by atoms with Gasteiger partial charge in [0.1, 0.15) is 0 Å². The number of aromatic hydroxyl groups is 1. The van der Waals surface area contributed by atoms with E-state index in [1.165, 1.54) is 46.8 Å². The number of ether oxygens (including phenoxy) is 4. The second-order valence-electron chi connectivity index (χ2n) is 5.79. The molecule has 0 radical (unpaired) electrons. The molecule has 0 saturated heterocycles. The van der Waals surface area contributed by atoms with Crippen LogP contribution in [0.15, 0.2) is 35.4 Å². The summed E-state index contributed by atoms with van der Waals surface area (Å²) in [5.41, 5.74) is 2.84. The van der Waals surface area contributed by atoms with E-state index in [2.05, 4.69) is 15.8 Å². The zero-order valence-corrected chi connectivity index (χ0v) is 17.0. The number of methoxy groups -OCH3 is 4. The number of amides is 2. The van der Waals surface area contributed by atoms with Crippen molar-refractivity contribution in [3.8, 4) is 28.7 Å². The number of rotatable bonds is 9. The molecule has 2 rings (SSSR count). The molecule has 2 amide bonds. The van der Waals surface area contributed by atoms with Crippen LogP contribution in [0.3, 0.4) is 0 Å². The lowest BCUT2D eigenvalue weighted by molar-refractivity contribution is -0.120. The number of hydrazone groups is 1. The summed E-state index contributed by atoms with van der Waals surface area (Å²) in [7, 11) is 5.75. The maximum atomic E-state index is 12.4. The molecule has 30 heavy (non-hydrogen) atoms. The monoisotopic (exact) mass is 417 g/mol. The Morgan fingerprint density at radius 3 is 2.20 bits per heavy atom. The minimum Gasteiger partial charge on any atom is -0.504 e. The van der Waals surface area contributed by atoms with E-state index in [9.17, 15) is 14.7 Å². The molecule has 0 heterocycles. The van der Waals surface area contributed by atoms with Crippen LogP contribution in [0, 0.1) is 0 Å². The van der Waals surface area contributed by atoms with E-state index in [1.54, 1.807) is 18.2 Å². The van der Waals surface area contributed by atoms with Gasteiger partial charge < -0.3 is 29.4 Å². The molecule has 0 aliphatic heterocycles. The Morgan fingerprint density at radius 2 is 1.63 bits per heavy atom. The number of hydrogen-bond donors (Lipinski definition) is 3. The van der Waals surface area contributed by atoms with E-state index in [-0.39, 0.29) is 23.6 Å². The summed E-state index contributed by atoms with van der Waals surface area (Å²) in [6, 6.07) is 7.79. The normalized spacial score (nSPS) is 10.4. The number of carbonyl (C=O) groups is 2. The molecular weight excluding hydrogens is 394 g/mol. The molecule has 0 unspecified atom stereocenters. The number of phenolic OH excluding ortho intramolecular Hbond substituents is 1. The third kappa shape index (κ3) is 5.31. The third-order valence-electron chi connectivity index (χ3n) is 3.98. The second-order valence-corrected chi connectivity index (χ2v) is 5.79.